The van der Waals surface area contributed by atoms with Gasteiger partial charge in [-0.05, 0) is 42.2 Å². The van der Waals surface area contributed by atoms with Crippen molar-refractivity contribution in [3.8, 4) is 17.1 Å². The monoisotopic (exact) mass is 288 g/mol. The maximum absolute atomic E-state index is 6.12. The molecule has 1 aliphatic heterocycles. The van der Waals surface area contributed by atoms with Crippen LogP contribution in [0.3, 0.4) is 0 Å². The van der Waals surface area contributed by atoms with Crippen LogP contribution in [-0.4, -0.2) is 16.6 Å². The van der Waals surface area contributed by atoms with Gasteiger partial charge >= 0.3 is 0 Å². The van der Waals surface area contributed by atoms with Gasteiger partial charge in [0.05, 0.1) is 6.61 Å². The number of rotatable bonds is 3. The molecule has 0 amide bonds. The maximum Gasteiger partial charge on any atom is 0.161 e. The van der Waals surface area contributed by atoms with E-state index in [4.69, 9.17) is 16.3 Å². The normalized spacial score (nSPS) is 13.4. The number of hydrogen-bond acceptors (Lipinski definition) is 3. The number of halogens is 1. The molecule has 1 aliphatic rings. The summed E-state index contributed by atoms with van der Waals surface area (Å²) in [5.41, 5.74) is 3.21. The average molecular weight is 289 g/mol. The van der Waals surface area contributed by atoms with Crippen LogP contribution in [0.2, 0.25) is 5.15 Å². The summed E-state index contributed by atoms with van der Waals surface area (Å²) in [5, 5.41) is 0.502. The van der Waals surface area contributed by atoms with E-state index in [1.165, 1.54) is 5.56 Å². The highest BCUT2D eigenvalue weighted by Gasteiger charge is 2.14. The molecule has 1 aromatic carbocycles. The Hall–Kier alpha value is -1.61. The molecule has 4 heteroatoms. The standard InChI is InChI=1S/C16H17ClN2O/c1-10(2)7-13-9-15(17)19-16(18-13)12-3-4-14-11(8-12)5-6-20-14/h3-4,8-10H,5-7H2,1-2H3. The first-order valence-electron chi connectivity index (χ1n) is 6.91. The topological polar surface area (TPSA) is 35.0 Å². The van der Waals surface area contributed by atoms with Crippen LogP contribution in [0.4, 0.5) is 0 Å². The van der Waals surface area contributed by atoms with Crippen LogP contribution in [0, 0.1) is 5.92 Å². The smallest absolute Gasteiger partial charge is 0.161 e. The summed E-state index contributed by atoms with van der Waals surface area (Å²) in [4.78, 5) is 8.98. The van der Waals surface area contributed by atoms with Gasteiger partial charge in [0.1, 0.15) is 10.9 Å². The number of ether oxygens (including phenoxy) is 1. The molecule has 0 unspecified atom stereocenters. The summed E-state index contributed by atoms with van der Waals surface area (Å²) >= 11 is 6.12. The van der Waals surface area contributed by atoms with E-state index in [-0.39, 0.29) is 0 Å². The molecule has 0 N–H and O–H groups in total. The Morgan fingerprint density at radius 1 is 1.25 bits per heavy atom. The molecule has 0 atom stereocenters. The first kappa shape index (κ1) is 13.4. The van der Waals surface area contributed by atoms with Crippen LogP contribution in [0.25, 0.3) is 11.4 Å². The summed E-state index contributed by atoms with van der Waals surface area (Å²) in [5.74, 6) is 2.21. The molecule has 3 nitrogen and oxygen atoms in total. The Balaban J connectivity index is 1.99. The third-order valence-corrected chi connectivity index (χ3v) is 3.51. The van der Waals surface area contributed by atoms with Gasteiger partial charge in [-0.25, -0.2) is 9.97 Å². The molecule has 3 rings (SSSR count). The van der Waals surface area contributed by atoms with Gasteiger partial charge in [0.2, 0.25) is 0 Å². The summed E-state index contributed by atoms with van der Waals surface area (Å²) in [6, 6.07) is 7.94. The molecule has 0 spiro atoms. The van der Waals surface area contributed by atoms with E-state index in [0.29, 0.717) is 16.9 Å². The van der Waals surface area contributed by atoms with Gasteiger partial charge in [-0.3, -0.25) is 0 Å². The van der Waals surface area contributed by atoms with Crippen LogP contribution in [0.1, 0.15) is 25.1 Å². The fourth-order valence-corrected chi connectivity index (χ4v) is 2.65. The van der Waals surface area contributed by atoms with E-state index < -0.39 is 0 Å². The van der Waals surface area contributed by atoms with Gasteiger partial charge in [0.15, 0.2) is 5.82 Å². The lowest BCUT2D eigenvalue weighted by Crippen LogP contribution is -2.00. The summed E-state index contributed by atoms with van der Waals surface area (Å²) in [7, 11) is 0. The largest absolute Gasteiger partial charge is 0.493 e. The van der Waals surface area contributed by atoms with Crippen LogP contribution in [-0.2, 0) is 12.8 Å². The second-order valence-corrected chi connectivity index (χ2v) is 5.91. The zero-order chi connectivity index (χ0) is 14.1. The van der Waals surface area contributed by atoms with Gasteiger partial charge in [0.25, 0.3) is 0 Å². The number of nitrogens with zero attached hydrogens (tertiary/aromatic N) is 2. The van der Waals surface area contributed by atoms with Crippen LogP contribution in [0.5, 0.6) is 5.75 Å². The minimum Gasteiger partial charge on any atom is -0.493 e. The lowest BCUT2D eigenvalue weighted by atomic mass is 10.1. The Kier molecular flexibility index (Phi) is 3.62. The van der Waals surface area contributed by atoms with E-state index >= 15 is 0 Å². The number of fused-ring (bicyclic) bond motifs is 1. The molecule has 0 saturated carbocycles. The van der Waals surface area contributed by atoms with Crippen molar-refractivity contribution in [1.29, 1.82) is 0 Å². The van der Waals surface area contributed by atoms with Crippen molar-refractivity contribution in [2.24, 2.45) is 5.92 Å². The highest BCUT2D eigenvalue weighted by molar-refractivity contribution is 6.29. The fraction of sp³-hybridized carbons (Fsp3) is 0.375. The molecule has 104 valence electrons. The number of benzene rings is 1. The Morgan fingerprint density at radius 2 is 2.10 bits per heavy atom. The quantitative estimate of drug-likeness (QED) is 0.803. The van der Waals surface area contributed by atoms with Crippen molar-refractivity contribution < 1.29 is 4.74 Å². The highest BCUT2D eigenvalue weighted by Crippen LogP contribution is 2.29. The molecular formula is C16H17ClN2O. The molecule has 2 heterocycles. The Morgan fingerprint density at radius 3 is 2.90 bits per heavy atom. The van der Waals surface area contributed by atoms with Gasteiger partial charge < -0.3 is 4.74 Å². The molecule has 0 aliphatic carbocycles. The van der Waals surface area contributed by atoms with E-state index in [2.05, 4.69) is 29.9 Å². The molecule has 2 aromatic rings. The van der Waals surface area contributed by atoms with Crippen molar-refractivity contribution in [3.05, 3.63) is 40.7 Å². The number of aromatic nitrogens is 2. The van der Waals surface area contributed by atoms with Crippen molar-refractivity contribution in [1.82, 2.24) is 9.97 Å². The van der Waals surface area contributed by atoms with Crippen molar-refractivity contribution in [2.45, 2.75) is 26.7 Å². The summed E-state index contributed by atoms with van der Waals surface area (Å²) in [6.07, 6.45) is 1.85. The predicted molar refractivity (Wildman–Crippen MR) is 80.2 cm³/mol. The lowest BCUT2D eigenvalue weighted by Gasteiger charge is -2.08. The van der Waals surface area contributed by atoms with Gasteiger partial charge in [-0.15, -0.1) is 0 Å². The SMILES string of the molecule is CC(C)Cc1cc(Cl)nc(-c2ccc3c(c2)CCO3)n1. The highest BCUT2D eigenvalue weighted by atomic mass is 35.5. The second kappa shape index (κ2) is 5.41. The van der Waals surface area contributed by atoms with Gasteiger partial charge in [0, 0.05) is 17.7 Å². The minimum atomic E-state index is 0.502. The van der Waals surface area contributed by atoms with Crippen LogP contribution in [0.15, 0.2) is 24.3 Å². The average Bonchev–Trinajstić information content (AvgIpc) is 2.84. The lowest BCUT2D eigenvalue weighted by molar-refractivity contribution is 0.357. The maximum atomic E-state index is 6.12. The first-order valence-corrected chi connectivity index (χ1v) is 7.29. The zero-order valence-electron chi connectivity index (χ0n) is 11.7. The fourth-order valence-electron chi connectivity index (χ4n) is 2.44. The third kappa shape index (κ3) is 2.78. The van der Waals surface area contributed by atoms with Crippen molar-refractivity contribution in [2.75, 3.05) is 6.61 Å². The van der Waals surface area contributed by atoms with Gasteiger partial charge in [-0.1, -0.05) is 25.4 Å². The van der Waals surface area contributed by atoms with E-state index in [1.54, 1.807) is 0 Å². The summed E-state index contributed by atoms with van der Waals surface area (Å²) in [6.45, 7) is 5.10. The molecule has 0 saturated heterocycles. The Labute approximate surface area is 124 Å². The second-order valence-electron chi connectivity index (χ2n) is 5.52. The van der Waals surface area contributed by atoms with E-state index in [9.17, 15) is 0 Å². The van der Waals surface area contributed by atoms with E-state index in [1.807, 2.05) is 18.2 Å². The zero-order valence-corrected chi connectivity index (χ0v) is 12.4. The Bertz CT molecular complexity index is 640. The predicted octanol–water partition coefficient (Wildman–Crippen LogP) is 3.93. The molecule has 0 bridgehead atoms. The molecule has 0 fully saturated rings. The van der Waals surface area contributed by atoms with Crippen LogP contribution >= 0.6 is 11.6 Å². The molecule has 0 radical (unpaired) electrons. The van der Waals surface area contributed by atoms with E-state index in [0.717, 1.165) is 36.5 Å². The minimum absolute atomic E-state index is 0.502. The van der Waals surface area contributed by atoms with Crippen LogP contribution < -0.4 is 4.74 Å². The summed E-state index contributed by atoms with van der Waals surface area (Å²) < 4.78 is 5.52. The van der Waals surface area contributed by atoms with Crippen molar-refractivity contribution in [3.63, 3.8) is 0 Å². The molecular weight excluding hydrogens is 272 g/mol. The van der Waals surface area contributed by atoms with Gasteiger partial charge in [-0.2, -0.15) is 0 Å². The molecule has 20 heavy (non-hydrogen) atoms. The first-order chi connectivity index (χ1) is 9.61. The third-order valence-electron chi connectivity index (χ3n) is 3.31. The van der Waals surface area contributed by atoms with Crippen molar-refractivity contribution >= 4 is 11.6 Å². The molecule has 1 aromatic heterocycles. The number of hydrogen-bond donors (Lipinski definition) is 0.